The van der Waals surface area contributed by atoms with Gasteiger partial charge in [-0.15, -0.1) is 0 Å². The minimum Gasteiger partial charge on any atom is -0.301 e. The number of hydrogen-bond acceptors (Lipinski definition) is 4. The number of unbranched alkanes of at least 4 members (excludes halogenated alkanes) is 2. The van der Waals surface area contributed by atoms with Gasteiger partial charge in [0.25, 0.3) is 0 Å². The van der Waals surface area contributed by atoms with Crippen molar-refractivity contribution in [3.8, 4) is 0 Å². The summed E-state index contributed by atoms with van der Waals surface area (Å²) in [7, 11) is -3.37. The molecule has 1 aromatic carbocycles. The Morgan fingerprint density at radius 2 is 1.68 bits per heavy atom. The summed E-state index contributed by atoms with van der Waals surface area (Å²) in [5.41, 5.74) is 1.19. The van der Waals surface area contributed by atoms with Crippen molar-refractivity contribution in [2.45, 2.75) is 50.5 Å². The monoisotopic (exact) mass is 404 g/mol. The summed E-state index contributed by atoms with van der Waals surface area (Å²) in [5.74, 6) is 0. The molecule has 2 aromatic rings. The normalized spacial score (nSPS) is 16.5. The second-order valence-corrected chi connectivity index (χ2v) is 9.41. The van der Waals surface area contributed by atoms with Crippen LogP contribution < -0.4 is 0 Å². The maximum Gasteiger partial charge on any atom is 0.243 e. The van der Waals surface area contributed by atoms with Crippen molar-refractivity contribution in [2.24, 2.45) is 0 Å². The Balaban J connectivity index is 1.40. The van der Waals surface area contributed by atoms with Crippen molar-refractivity contribution in [3.63, 3.8) is 0 Å². The molecule has 0 saturated carbocycles. The molecule has 1 saturated heterocycles. The molecule has 6 nitrogen and oxygen atoms in total. The zero-order chi connectivity index (χ0) is 19.8. The van der Waals surface area contributed by atoms with E-state index in [1.165, 1.54) is 12.0 Å². The van der Waals surface area contributed by atoms with E-state index < -0.39 is 10.0 Å². The Labute approximate surface area is 169 Å². The Bertz CT molecular complexity index is 795. The van der Waals surface area contributed by atoms with Crippen LogP contribution in [0.25, 0.3) is 0 Å². The van der Waals surface area contributed by atoms with Gasteiger partial charge in [0.1, 0.15) is 0 Å². The van der Waals surface area contributed by atoms with Crippen LogP contribution in [0.2, 0.25) is 0 Å². The topological polar surface area (TPSA) is 58.4 Å². The summed E-state index contributed by atoms with van der Waals surface area (Å²) in [6.45, 7) is 6.91. The van der Waals surface area contributed by atoms with E-state index in [4.69, 9.17) is 0 Å². The van der Waals surface area contributed by atoms with E-state index in [0.717, 1.165) is 51.9 Å². The quantitative estimate of drug-likeness (QED) is 0.571. The highest BCUT2D eigenvalue weighted by Gasteiger charge is 2.28. The number of benzene rings is 1. The summed E-state index contributed by atoms with van der Waals surface area (Å²) in [4.78, 5) is 2.80. The number of aromatic nitrogens is 2. The van der Waals surface area contributed by atoms with Crippen LogP contribution in [-0.2, 0) is 23.0 Å². The van der Waals surface area contributed by atoms with E-state index in [2.05, 4.69) is 16.9 Å². The zero-order valence-corrected chi connectivity index (χ0v) is 17.6. The Kier molecular flexibility index (Phi) is 7.65. The second kappa shape index (κ2) is 10.2. The molecule has 7 heteroatoms. The number of sulfonamides is 1. The van der Waals surface area contributed by atoms with Gasteiger partial charge in [-0.1, -0.05) is 31.9 Å². The Morgan fingerprint density at radius 3 is 2.32 bits per heavy atom. The van der Waals surface area contributed by atoms with Gasteiger partial charge in [0.05, 0.1) is 4.90 Å². The summed E-state index contributed by atoms with van der Waals surface area (Å²) in [6, 6.07) is 9.34. The fourth-order valence-corrected chi connectivity index (χ4v) is 5.10. The molecular formula is C21H32N4O2S. The maximum absolute atomic E-state index is 12.9. The van der Waals surface area contributed by atoms with Gasteiger partial charge in [-0.05, 0) is 49.6 Å². The van der Waals surface area contributed by atoms with E-state index in [-0.39, 0.29) is 0 Å². The fourth-order valence-electron chi connectivity index (χ4n) is 3.68. The first-order valence-corrected chi connectivity index (χ1v) is 11.8. The van der Waals surface area contributed by atoms with Gasteiger partial charge in [-0.3, -0.25) is 4.68 Å². The van der Waals surface area contributed by atoms with Crippen molar-refractivity contribution >= 4 is 10.0 Å². The first-order chi connectivity index (χ1) is 13.6. The lowest BCUT2D eigenvalue weighted by Gasteiger charge is -2.34. The van der Waals surface area contributed by atoms with Crippen LogP contribution in [-0.4, -0.2) is 60.1 Å². The molecule has 1 aliphatic heterocycles. The molecule has 2 heterocycles. The summed E-state index contributed by atoms with van der Waals surface area (Å²) in [5, 5.41) is 4.22. The fraction of sp³-hybridized carbons (Fsp3) is 0.571. The van der Waals surface area contributed by atoms with Crippen molar-refractivity contribution in [2.75, 3.05) is 32.7 Å². The molecular weight excluding hydrogens is 372 g/mol. The molecule has 28 heavy (non-hydrogen) atoms. The largest absolute Gasteiger partial charge is 0.301 e. The molecule has 0 spiro atoms. The molecule has 3 rings (SSSR count). The minimum atomic E-state index is -3.37. The molecule has 154 valence electrons. The third kappa shape index (κ3) is 5.65. The van der Waals surface area contributed by atoms with Gasteiger partial charge >= 0.3 is 0 Å². The van der Waals surface area contributed by atoms with Crippen LogP contribution in [0.1, 0.15) is 38.2 Å². The lowest BCUT2D eigenvalue weighted by molar-refractivity contribution is 0.185. The van der Waals surface area contributed by atoms with E-state index in [0.29, 0.717) is 18.0 Å². The van der Waals surface area contributed by atoms with E-state index in [9.17, 15) is 8.42 Å². The molecule has 0 aliphatic carbocycles. The van der Waals surface area contributed by atoms with Crippen LogP contribution >= 0.6 is 0 Å². The smallest absolute Gasteiger partial charge is 0.243 e. The summed E-state index contributed by atoms with van der Waals surface area (Å²) >= 11 is 0. The minimum absolute atomic E-state index is 0.416. The van der Waals surface area contributed by atoms with Crippen molar-refractivity contribution < 1.29 is 8.42 Å². The molecule has 1 aliphatic rings. The maximum atomic E-state index is 12.9. The van der Waals surface area contributed by atoms with Gasteiger partial charge in [-0.2, -0.15) is 9.40 Å². The molecule has 0 unspecified atom stereocenters. The van der Waals surface area contributed by atoms with E-state index in [1.54, 1.807) is 16.4 Å². The number of rotatable bonds is 10. The first-order valence-electron chi connectivity index (χ1n) is 10.4. The standard InChI is InChI=1S/C21H32N4O2S/c1-2-7-20-8-10-21(11-9-20)28(26,27)25-18-16-23(17-19-25)13-4-3-5-14-24-15-6-12-22-24/h6,8-12,15H,2-5,7,13-14,16-19H2,1H3. The van der Waals surface area contributed by atoms with Crippen LogP contribution in [0.15, 0.2) is 47.6 Å². The lowest BCUT2D eigenvalue weighted by Crippen LogP contribution is -2.48. The highest BCUT2D eigenvalue weighted by atomic mass is 32.2. The van der Waals surface area contributed by atoms with Gasteiger partial charge in [0.2, 0.25) is 10.0 Å². The third-order valence-electron chi connectivity index (χ3n) is 5.35. The Morgan fingerprint density at radius 1 is 0.964 bits per heavy atom. The average Bonchev–Trinajstić information content (AvgIpc) is 3.22. The van der Waals surface area contributed by atoms with Crippen molar-refractivity contribution in [3.05, 3.63) is 48.3 Å². The molecule has 0 amide bonds. The second-order valence-electron chi connectivity index (χ2n) is 7.47. The lowest BCUT2D eigenvalue weighted by atomic mass is 10.1. The van der Waals surface area contributed by atoms with Gasteiger partial charge < -0.3 is 4.90 Å². The van der Waals surface area contributed by atoms with Gasteiger partial charge in [0, 0.05) is 45.1 Å². The van der Waals surface area contributed by atoms with Crippen molar-refractivity contribution in [1.82, 2.24) is 19.0 Å². The van der Waals surface area contributed by atoms with E-state index >= 15 is 0 Å². The number of piperazine rings is 1. The van der Waals surface area contributed by atoms with E-state index in [1.807, 2.05) is 35.3 Å². The van der Waals surface area contributed by atoms with Crippen LogP contribution in [0, 0.1) is 0 Å². The van der Waals surface area contributed by atoms with Crippen LogP contribution in [0.3, 0.4) is 0 Å². The molecule has 0 bridgehead atoms. The molecule has 0 N–H and O–H groups in total. The first kappa shape index (κ1) is 21.0. The number of nitrogens with zero attached hydrogens (tertiary/aromatic N) is 4. The number of hydrogen-bond donors (Lipinski definition) is 0. The van der Waals surface area contributed by atoms with Gasteiger partial charge in [-0.25, -0.2) is 8.42 Å². The van der Waals surface area contributed by atoms with Crippen LogP contribution in [0.4, 0.5) is 0 Å². The highest BCUT2D eigenvalue weighted by molar-refractivity contribution is 7.89. The van der Waals surface area contributed by atoms with Gasteiger partial charge in [0.15, 0.2) is 0 Å². The zero-order valence-electron chi connectivity index (χ0n) is 16.8. The summed E-state index contributed by atoms with van der Waals surface area (Å²) < 4.78 is 29.4. The molecule has 1 fully saturated rings. The average molecular weight is 405 g/mol. The molecule has 1 aromatic heterocycles. The predicted molar refractivity (Wildman–Crippen MR) is 112 cm³/mol. The Hall–Kier alpha value is -1.70. The SMILES string of the molecule is CCCc1ccc(S(=O)(=O)N2CCN(CCCCCn3cccn3)CC2)cc1. The molecule has 0 radical (unpaired) electrons. The molecule has 0 atom stereocenters. The van der Waals surface area contributed by atoms with Crippen LogP contribution in [0.5, 0.6) is 0 Å². The number of aryl methyl sites for hydroxylation is 2. The van der Waals surface area contributed by atoms with Crippen molar-refractivity contribution in [1.29, 1.82) is 0 Å². The highest BCUT2D eigenvalue weighted by Crippen LogP contribution is 2.19. The predicted octanol–water partition coefficient (Wildman–Crippen LogP) is 3.01. The third-order valence-corrected chi connectivity index (χ3v) is 7.26. The summed E-state index contributed by atoms with van der Waals surface area (Å²) in [6.07, 6.45) is 9.31.